The standard InChI is InChI=1S/C17H24O4/c1-10-4-5-16(7-11(2)18)13(6-10)21-14-12(19)8-15(16,3)17(14)9-20-17/h6,12-14,19H,4-5,7-9H2,1-3H3/t12-,13-,14-,15-,16-,17+/m1/s1. The first-order valence-electron chi connectivity index (χ1n) is 7.99. The van der Waals surface area contributed by atoms with Gasteiger partial charge in [-0.3, -0.25) is 0 Å². The van der Waals surface area contributed by atoms with Crippen LogP contribution in [-0.4, -0.2) is 41.4 Å². The highest BCUT2D eigenvalue weighted by Gasteiger charge is 2.80. The lowest BCUT2D eigenvalue weighted by atomic mass is 9.50. The maximum absolute atomic E-state index is 12.0. The van der Waals surface area contributed by atoms with E-state index in [9.17, 15) is 9.90 Å². The molecule has 2 bridgehead atoms. The summed E-state index contributed by atoms with van der Waals surface area (Å²) >= 11 is 0. The van der Waals surface area contributed by atoms with Crippen molar-refractivity contribution in [2.45, 2.75) is 70.4 Å². The third-order valence-electron chi connectivity index (χ3n) is 6.72. The molecule has 21 heavy (non-hydrogen) atoms. The van der Waals surface area contributed by atoms with Crippen LogP contribution >= 0.6 is 0 Å². The Morgan fingerprint density at radius 2 is 2.24 bits per heavy atom. The molecule has 1 saturated carbocycles. The maximum Gasteiger partial charge on any atom is 0.130 e. The van der Waals surface area contributed by atoms with E-state index in [-0.39, 0.29) is 34.4 Å². The van der Waals surface area contributed by atoms with Gasteiger partial charge in [0.25, 0.3) is 0 Å². The highest BCUT2D eigenvalue weighted by Crippen LogP contribution is 2.72. The molecule has 1 spiro atoms. The third kappa shape index (κ3) is 1.49. The summed E-state index contributed by atoms with van der Waals surface area (Å²) in [6, 6.07) is 0. The minimum atomic E-state index is -0.486. The van der Waals surface area contributed by atoms with Gasteiger partial charge in [-0.05, 0) is 33.1 Å². The van der Waals surface area contributed by atoms with E-state index in [1.165, 1.54) is 5.57 Å². The molecule has 0 unspecified atom stereocenters. The molecule has 0 aromatic rings. The maximum atomic E-state index is 12.0. The van der Waals surface area contributed by atoms with Crippen molar-refractivity contribution in [3.63, 3.8) is 0 Å². The summed E-state index contributed by atoms with van der Waals surface area (Å²) in [6.45, 7) is 6.66. The fourth-order valence-corrected chi connectivity index (χ4v) is 5.52. The van der Waals surface area contributed by atoms with E-state index in [0.29, 0.717) is 19.4 Å². The van der Waals surface area contributed by atoms with Crippen LogP contribution in [0.15, 0.2) is 11.6 Å². The van der Waals surface area contributed by atoms with Gasteiger partial charge in [0.15, 0.2) is 0 Å². The van der Waals surface area contributed by atoms with Crippen LogP contribution in [0.1, 0.15) is 46.5 Å². The first kappa shape index (κ1) is 13.9. The number of rotatable bonds is 2. The van der Waals surface area contributed by atoms with E-state index in [2.05, 4.69) is 19.9 Å². The lowest BCUT2D eigenvalue weighted by Gasteiger charge is -2.57. The number of carbonyl (C=O) groups is 1. The average molecular weight is 292 g/mol. The van der Waals surface area contributed by atoms with Crippen molar-refractivity contribution >= 4 is 5.78 Å². The van der Waals surface area contributed by atoms with Crippen molar-refractivity contribution < 1.29 is 19.4 Å². The fourth-order valence-electron chi connectivity index (χ4n) is 5.52. The average Bonchev–Trinajstić information content (AvgIpc) is 3.15. The first-order chi connectivity index (χ1) is 9.85. The van der Waals surface area contributed by atoms with Crippen molar-refractivity contribution in [1.29, 1.82) is 0 Å². The van der Waals surface area contributed by atoms with Gasteiger partial charge in [0, 0.05) is 17.3 Å². The summed E-state index contributed by atoms with van der Waals surface area (Å²) in [7, 11) is 0. The number of hydrogen-bond acceptors (Lipinski definition) is 4. The number of allylic oxidation sites excluding steroid dienone is 1. The van der Waals surface area contributed by atoms with Crippen LogP contribution in [-0.2, 0) is 14.3 Å². The van der Waals surface area contributed by atoms with E-state index >= 15 is 0 Å². The molecule has 3 fully saturated rings. The molecule has 0 radical (unpaired) electrons. The van der Waals surface area contributed by atoms with Gasteiger partial charge in [-0.25, -0.2) is 0 Å². The topological polar surface area (TPSA) is 59.1 Å². The number of aliphatic hydroxyl groups is 1. The Morgan fingerprint density at radius 3 is 2.86 bits per heavy atom. The Morgan fingerprint density at radius 1 is 1.52 bits per heavy atom. The summed E-state index contributed by atoms with van der Waals surface area (Å²) in [5.41, 5.74) is 0.542. The third-order valence-corrected chi connectivity index (χ3v) is 6.72. The highest BCUT2D eigenvalue weighted by molar-refractivity contribution is 5.77. The zero-order valence-electron chi connectivity index (χ0n) is 13.0. The number of epoxide rings is 1. The van der Waals surface area contributed by atoms with E-state index in [0.717, 1.165) is 12.8 Å². The number of hydrogen-bond donors (Lipinski definition) is 1. The summed E-state index contributed by atoms with van der Waals surface area (Å²) in [6.07, 6.45) is 4.52. The smallest absolute Gasteiger partial charge is 0.130 e. The van der Waals surface area contributed by atoms with Gasteiger partial charge < -0.3 is 19.4 Å². The van der Waals surface area contributed by atoms with E-state index in [1.807, 2.05) is 0 Å². The molecule has 1 N–H and O–H groups in total. The van der Waals surface area contributed by atoms with Crippen LogP contribution in [0.4, 0.5) is 0 Å². The number of fused-ring (bicyclic) bond motifs is 2. The van der Waals surface area contributed by atoms with Gasteiger partial charge in [0.05, 0.1) is 18.8 Å². The van der Waals surface area contributed by atoms with Crippen molar-refractivity contribution in [3.8, 4) is 0 Å². The number of ketones is 1. The van der Waals surface area contributed by atoms with Crippen LogP contribution in [0, 0.1) is 10.8 Å². The highest BCUT2D eigenvalue weighted by atomic mass is 16.6. The van der Waals surface area contributed by atoms with Crippen molar-refractivity contribution in [1.82, 2.24) is 0 Å². The van der Waals surface area contributed by atoms with Gasteiger partial charge >= 0.3 is 0 Å². The number of carbonyl (C=O) groups excluding carboxylic acids is 1. The second kappa shape index (κ2) is 3.98. The molecule has 0 aromatic carbocycles. The summed E-state index contributed by atoms with van der Waals surface area (Å²) < 4.78 is 12.2. The van der Waals surface area contributed by atoms with Gasteiger partial charge in [0.1, 0.15) is 17.5 Å². The summed E-state index contributed by atoms with van der Waals surface area (Å²) in [5.74, 6) is 0.202. The number of aliphatic hydroxyl groups excluding tert-OH is 1. The van der Waals surface area contributed by atoms with E-state index in [4.69, 9.17) is 9.47 Å². The Kier molecular flexibility index (Phi) is 2.63. The Balaban J connectivity index is 1.87. The predicted molar refractivity (Wildman–Crippen MR) is 76.8 cm³/mol. The first-order valence-corrected chi connectivity index (χ1v) is 7.99. The van der Waals surface area contributed by atoms with Gasteiger partial charge in [0.2, 0.25) is 0 Å². The van der Waals surface area contributed by atoms with E-state index in [1.54, 1.807) is 6.92 Å². The zero-order chi connectivity index (χ0) is 15.0. The second-order valence-corrected chi connectivity index (χ2v) is 7.81. The fraction of sp³-hybridized carbons (Fsp3) is 0.824. The molecule has 2 saturated heterocycles. The number of ether oxygens (including phenoxy) is 2. The molecule has 4 aliphatic rings. The molecule has 4 heteroatoms. The second-order valence-electron chi connectivity index (χ2n) is 7.81. The molecule has 6 atom stereocenters. The molecule has 2 heterocycles. The molecule has 0 amide bonds. The molecular formula is C17H24O4. The molecule has 4 nitrogen and oxygen atoms in total. The van der Waals surface area contributed by atoms with Crippen molar-refractivity contribution in [3.05, 3.63) is 11.6 Å². The molecular weight excluding hydrogens is 268 g/mol. The van der Waals surface area contributed by atoms with Crippen LogP contribution in [0.25, 0.3) is 0 Å². The van der Waals surface area contributed by atoms with Crippen LogP contribution in [0.2, 0.25) is 0 Å². The lowest BCUT2D eigenvalue weighted by Crippen LogP contribution is -2.63. The van der Waals surface area contributed by atoms with E-state index < -0.39 is 6.10 Å². The Hall–Kier alpha value is -0.710. The summed E-state index contributed by atoms with van der Waals surface area (Å²) in [5, 5.41) is 10.5. The van der Waals surface area contributed by atoms with Gasteiger partial charge in [-0.1, -0.05) is 18.6 Å². The Bertz CT molecular complexity index is 535. The molecule has 116 valence electrons. The van der Waals surface area contributed by atoms with Crippen LogP contribution < -0.4 is 0 Å². The monoisotopic (exact) mass is 292 g/mol. The van der Waals surface area contributed by atoms with Crippen LogP contribution in [0.3, 0.4) is 0 Å². The predicted octanol–water partition coefficient (Wildman–Crippen LogP) is 2.00. The normalized spacial score (nSPS) is 54.3. The minimum absolute atomic E-state index is 0.0721. The SMILES string of the molecule is CC(=O)C[C@]12CCC(C)=C[C@H]1O[C@@H]1[C@H](O)C[C@@]2(C)[C@]12CO2. The largest absolute Gasteiger partial charge is 0.390 e. The quantitative estimate of drug-likeness (QED) is 0.625. The van der Waals surface area contributed by atoms with Gasteiger partial charge in [-0.15, -0.1) is 0 Å². The molecule has 2 aliphatic carbocycles. The van der Waals surface area contributed by atoms with Crippen LogP contribution in [0.5, 0.6) is 0 Å². The molecule has 2 aliphatic heterocycles. The lowest BCUT2D eigenvalue weighted by molar-refractivity contribution is -0.206. The minimum Gasteiger partial charge on any atom is -0.390 e. The Labute approximate surface area is 125 Å². The number of Topliss-reactive ketones (excluding diaryl/α,β-unsaturated/α-hetero) is 1. The molecule has 4 rings (SSSR count). The van der Waals surface area contributed by atoms with Crippen molar-refractivity contribution in [2.75, 3.05) is 6.61 Å². The van der Waals surface area contributed by atoms with Gasteiger partial charge in [-0.2, -0.15) is 0 Å². The zero-order valence-corrected chi connectivity index (χ0v) is 13.0. The molecule has 0 aromatic heterocycles. The van der Waals surface area contributed by atoms with Crippen molar-refractivity contribution in [2.24, 2.45) is 10.8 Å². The summed E-state index contributed by atoms with van der Waals surface area (Å²) in [4.78, 5) is 12.0.